The fourth-order valence-electron chi connectivity index (χ4n) is 2.58. The molecule has 1 aliphatic rings. The van der Waals surface area contributed by atoms with Gasteiger partial charge in [0.05, 0.1) is 19.7 Å². The van der Waals surface area contributed by atoms with Gasteiger partial charge in [0.2, 0.25) is 0 Å². The molecule has 130 valence electrons. The molecule has 3 N–H and O–H groups in total. The molecule has 2 aromatic rings. The van der Waals surface area contributed by atoms with Crippen LogP contribution in [0.3, 0.4) is 0 Å². The van der Waals surface area contributed by atoms with Crippen LogP contribution >= 0.6 is 0 Å². The van der Waals surface area contributed by atoms with E-state index in [2.05, 4.69) is 20.9 Å². The number of rotatable bonds is 5. The van der Waals surface area contributed by atoms with Gasteiger partial charge in [-0.25, -0.2) is 0 Å². The summed E-state index contributed by atoms with van der Waals surface area (Å²) < 4.78 is 5.11. The molecule has 0 spiro atoms. The molecule has 1 amide bonds. The molecule has 0 saturated carbocycles. The fraction of sp³-hybridized carbons (Fsp3) is 0.263. The minimum Gasteiger partial charge on any atom is -0.497 e. The van der Waals surface area contributed by atoms with Gasteiger partial charge >= 0.3 is 0 Å². The van der Waals surface area contributed by atoms with Crippen molar-refractivity contribution in [3.63, 3.8) is 0 Å². The smallest absolute Gasteiger partial charge is 0.251 e. The second-order valence-electron chi connectivity index (χ2n) is 5.83. The number of hydrogen-bond acceptors (Lipinski definition) is 5. The third-order valence-corrected chi connectivity index (χ3v) is 4.05. The van der Waals surface area contributed by atoms with Crippen molar-refractivity contribution in [3.05, 3.63) is 59.7 Å². The van der Waals surface area contributed by atoms with Crippen LogP contribution in [0.15, 0.2) is 53.5 Å². The van der Waals surface area contributed by atoms with E-state index in [1.165, 1.54) is 0 Å². The summed E-state index contributed by atoms with van der Waals surface area (Å²) in [5.74, 6) is 1.42. The van der Waals surface area contributed by atoms with Crippen molar-refractivity contribution in [1.29, 1.82) is 0 Å². The molecule has 0 fully saturated rings. The molecule has 3 rings (SSSR count). The lowest BCUT2D eigenvalue weighted by atomic mass is 10.1. The number of methoxy groups -OCH3 is 1. The second kappa shape index (κ2) is 7.70. The Bertz CT molecular complexity index is 754. The normalized spacial score (nSPS) is 14.2. The first-order chi connectivity index (χ1) is 12.2. The summed E-state index contributed by atoms with van der Waals surface area (Å²) in [5, 5.41) is 9.40. The van der Waals surface area contributed by atoms with Crippen LogP contribution in [0, 0.1) is 0 Å². The van der Waals surface area contributed by atoms with Crippen molar-refractivity contribution in [2.24, 2.45) is 4.99 Å². The zero-order valence-electron chi connectivity index (χ0n) is 14.4. The van der Waals surface area contributed by atoms with Gasteiger partial charge in [0.15, 0.2) is 5.96 Å². The van der Waals surface area contributed by atoms with Crippen molar-refractivity contribution >= 4 is 17.6 Å². The Morgan fingerprint density at radius 1 is 1.16 bits per heavy atom. The third kappa shape index (κ3) is 4.29. The quantitative estimate of drug-likeness (QED) is 0.783. The summed E-state index contributed by atoms with van der Waals surface area (Å²) in [4.78, 5) is 16.6. The van der Waals surface area contributed by atoms with Crippen LogP contribution in [0.4, 0.5) is 5.69 Å². The average molecular weight is 338 g/mol. The monoisotopic (exact) mass is 338 g/mol. The van der Waals surface area contributed by atoms with Gasteiger partial charge < -0.3 is 20.7 Å². The summed E-state index contributed by atoms with van der Waals surface area (Å²) in [5.41, 5.74) is 2.61. The zero-order valence-corrected chi connectivity index (χ0v) is 14.4. The lowest BCUT2D eigenvalue weighted by Gasteiger charge is -2.15. The predicted molar refractivity (Wildman–Crippen MR) is 99.2 cm³/mol. The maximum absolute atomic E-state index is 12.3. The van der Waals surface area contributed by atoms with Crippen molar-refractivity contribution in [2.45, 2.75) is 13.0 Å². The molecule has 0 bridgehead atoms. The van der Waals surface area contributed by atoms with Crippen LogP contribution in [0.5, 0.6) is 5.75 Å². The van der Waals surface area contributed by atoms with Crippen molar-refractivity contribution in [2.75, 3.05) is 25.5 Å². The highest BCUT2D eigenvalue weighted by molar-refractivity contribution is 5.95. The number of carbonyl (C=O) groups excluding carboxylic acids is 1. The molecule has 6 heteroatoms. The number of hydrogen-bond donors (Lipinski definition) is 3. The summed E-state index contributed by atoms with van der Waals surface area (Å²) in [6, 6.07) is 14.9. The molecule has 0 saturated heterocycles. The van der Waals surface area contributed by atoms with Crippen LogP contribution in [-0.4, -0.2) is 32.1 Å². The summed E-state index contributed by atoms with van der Waals surface area (Å²) in [6.45, 7) is 3.64. The van der Waals surface area contributed by atoms with Crippen LogP contribution in [0.1, 0.15) is 28.9 Å². The van der Waals surface area contributed by atoms with Crippen LogP contribution in [-0.2, 0) is 0 Å². The highest BCUT2D eigenvalue weighted by Crippen LogP contribution is 2.17. The Kier molecular flexibility index (Phi) is 5.18. The van der Waals surface area contributed by atoms with E-state index >= 15 is 0 Å². The Morgan fingerprint density at radius 3 is 2.48 bits per heavy atom. The Hall–Kier alpha value is -3.02. The molecule has 1 aliphatic heterocycles. The third-order valence-electron chi connectivity index (χ3n) is 4.05. The van der Waals surface area contributed by atoms with Crippen LogP contribution < -0.4 is 20.7 Å². The summed E-state index contributed by atoms with van der Waals surface area (Å²) >= 11 is 0. The highest BCUT2D eigenvalue weighted by atomic mass is 16.5. The molecule has 0 aliphatic carbocycles. The predicted octanol–water partition coefficient (Wildman–Crippen LogP) is 2.56. The number of nitrogens with zero attached hydrogens (tertiary/aromatic N) is 1. The van der Waals surface area contributed by atoms with Gasteiger partial charge in [0.25, 0.3) is 5.91 Å². The number of carbonyl (C=O) groups is 1. The maximum atomic E-state index is 12.3. The van der Waals surface area contributed by atoms with Crippen molar-refractivity contribution in [1.82, 2.24) is 10.6 Å². The molecule has 1 heterocycles. The number of nitrogens with one attached hydrogen (secondary N) is 3. The first-order valence-corrected chi connectivity index (χ1v) is 8.26. The van der Waals surface area contributed by atoms with E-state index < -0.39 is 0 Å². The van der Waals surface area contributed by atoms with Gasteiger partial charge in [-0.15, -0.1) is 0 Å². The van der Waals surface area contributed by atoms with E-state index in [9.17, 15) is 4.79 Å². The number of amides is 1. The van der Waals surface area contributed by atoms with E-state index in [0.717, 1.165) is 36.0 Å². The Morgan fingerprint density at radius 2 is 1.88 bits per heavy atom. The van der Waals surface area contributed by atoms with Gasteiger partial charge in [-0.1, -0.05) is 12.1 Å². The molecule has 6 nitrogen and oxygen atoms in total. The molecule has 1 atom stereocenters. The second-order valence-corrected chi connectivity index (χ2v) is 5.83. The SMILES string of the molecule is COc1ccc(C(=O)NC(C)c2ccc(NC3=NCCN3)cc2)cc1. The minimum atomic E-state index is -0.109. The van der Waals surface area contributed by atoms with E-state index in [4.69, 9.17) is 4.74 Å². The maximum Gasteiger partial charge on any atom is 0.251 e. The Labute approximate surface area is 147 Å². The minimum absolute atomic E-state index is 0.0920. The van der Waals surface area contributed by atoms with Gasteiger partial charge in [-0.05, 0) is 48.9 Å². The number of anilines is 1. The molecule has 1 unspecified atom stereocenters. The lowest BCUT2D eigenvalue weighted by Crippen LogP contribution is -2.27. The van der Waals surface area contributed by atoms with Crippen LogP contribution in [0.2, 0.25) is 0 Å². The Balaban J connectivity index is 1.59. The van der Waals surface area contributed by atoms with Gasteiger partial charge in [-0.2, -0.15) is 0 Å². The van der Waals surface area contributed by atoms with Crippen molar-refractivity contribution in [3.8, 4) is 5.75 Å². The van der Waals surface area contributed by atoms with Crippen LogP contribution in [0.25, 0.3) is 0 Å². The highest BCUT2D eigenvalue weighted by Gasteiger charge is 2.12. The molecule has 0 aromatic heterocycles. The zero-order chi connectivity index (χ0) is 17.6. The summed E-state index contributed by atoms with van der Waals surface area (Å²) in [6.07, 6.45) is 0. The van der Waals surface area contributed by atoms with Gasteiger partial charge in [0.1, 0.15) is 5.75 Å². The molecular formula is C19H22N4O2. The van der Waals surface area contributed by atoms with E-state index in [0.29, 0.717) is 5.56 Å². The molecule has 2 aromatic carbocycles. The average Bonchev–Trinajstić information content (AvgIpc) is 3.15. The molecular weight excluding hydrogens is 316 g/mol. The van der Waals surface area contributed by atoms with E-state index in [-0.39, 0.29) is 11.9 Å². The molecule has 0 radical (unpaired) electrons. The van der Waals surface area contributed by atoms with Crippen molar-refractivity contribution < 1.29 is 9.53 Å². The molecule has 25 heavy (non-hydrogen) atoms. The van der Waals surface area contributed by atoms with E-state index in [1.54, 1.807) is 31.4 Å². The van der Waals surface area contributed by atoms with Gasteiger partial charge in [0, 0.05) is 17.8 Å². The summed E-state index contributed by atoms with van der Waals surface area (Å²) in [7, 11) is 1.60. The van der Waals surface area contributed by atoms with E-state index in [1.807, 2.05) is 31.2 Å². The standard InChI is InChI=1S/C19H22N4O2/c1-13(22-18(24)15-5-9-17(25-2)10-6-15)14-3-7-16(8-4-14)23-19-20-11-12-21-19/h3-10,13H,11-12H2,1-2H3,(H,22,24)(H2,20,21,23). The first-order valence-electron chi connectivity index (χ1n) is 8.26. The topological polar surface area (TPSA) is 74.8 Å². The number of guanidine groups is 1. The van der Waals surface area contributed by atoms with Gasteiger partial charge in [-0.3, -0.25) is 9.79 Å². The lowest BCUT2D eigenvalue weighted by molar-refractivity contribution is 0.0940. The fourth-order valence-corrected chi connectivity index (χ4v) is 2.58. The first kappa shape index (κ1) is 16.8. The number of ether oxygens (including phenoxy) is 1. The number of benzene rings is 2. The largest absolute Gasteiger partial charge is 0.497 e. The number of aliphatic imine (C=N–C) groups is 1.